The summed E-state index contributed by atoms with van der Waals surface area (Å²) in [7, 11) is 0. The number of piperidine rings is 1. The summed E-state index contributed by atoms with van der Waals surface area (Å²) >= 11 is 1.60. The topological polar surface area (TPSA) is 59.2 Å². The molecule has 5 nitrogen and oxygen atoms in total. The zero-order valence-electron chi connectivity index (χ0n) is 14.5. The molecule has 26 heavy (non-hydrogen) atoms. The third kappa shape index (κ3) is 3.85. The SMILES string of the molecule is O=C(CCc1nc(-c2ccsc2)no1)N1CCC(c2ccccc2)CC1. The van der Waals surface area contributed by atoms with Gasteiger partial charge in [-0.25, -0.2) is 0 Å². The van der Waals surface area contributed by atoms with Crippen LogP contribution in [0, 0.1) is 0 Å². The molecular formula is C20H21N3O2S. The fourth-order valence-electron chi connectivity index (χ4n) is 3.42. The molecule has 3 aromatic rings. The number of hydrogen-bond donors (Lipinski definition) is 0. The van der Waals surface area contributed by atoms with Crippen LogP contribution < -0.4 is 0 Å². The number of benzene rings is 1. The van der Waals surface area contributed by atoms with Crippen molar-refractivity contribution in [1.82, 2.24) is 15.0 Å². The van der Waals surface area contributed by atoms with Crippen LogP contribution in [0.25, 0.3) is 11.4 Å². The number of rotatable bonds is 5. The lowest BCUT2D eigenvalue weighted by Gasteiger charge is -2.32. The van der Waals surface area contributed by atoms with E-state index in [1.807, 2.05) is 27.8 Å². The summed E-state index contributed by atoms with van der Waals surface area (Å²) in [5.74, 6) is 1.85. The molecule has 1 fully saturated rings. The van der Waals surface area contributed by atoms with E-state index < -0.39 is 0 Å². The lowest BCUT2D eigenvalue weighted by molar-refractivity contribution is -0.132. The van der Waals surface area contributed by atoms with Crippen LogP contribution in [0.3, 0.4) is 0 Å². The van der Waals surface area contributed by atoms with E-state index in [0.717, 1.165) is 31.5 Å². The number of thiophene rings is 1. The fraction of sp³-hybridized carbons (Fsp3) is 0.350. The minimum Gasteiger partial charge on any atom is -0.343 e. The number of likely N-dealkylation sites (tertiary alicyclic amines) is 1. The standard InChI is InChI=1S/C20H21N3O2S/c24-19(7-6-18-21-20(22-25-18)17-10-13-26-14-17)23-11-8-16(9-12-23)15-4-2-1-3-5-15/h1-5,10,13-14,16H,6-9,11-12H2. The zero-order valence-corrected chi connectivity index (χ0v) is 15.3. The van der Waals surface area contributed by atoms with E-state index >= 15 is 0 Å². The predicted molar refractivity (Wildman–Crippen MR) is 101 cm³/mol. The molecule has 3 heterocycles. The molecule has 6 heteroatoms. The second-order valence-corrected chi connectivity index (χ2v) is 7.37. The molecule has 2 aromatic heterocycles. The van der Waals surface area contributed by atoms with Crippen LogP contribution in [0.5, 0.6) is 0 Å². The number of carbonyl (C=O) groups excluding carboxylic acids is 1. The van der Waals surface area contributed by atoms with Gasteiger partial charge < -0.3 is 9.42 Å². The summed E-state index contributed by atoms with van der Waals surface area (Å²) in [6, 6.07) is 12.5. The Morgan fingerprint density at radius 3 is 2.73 bits per heavy atom. The molecule has 1 saturated heterocycles. The maximum atomic E-state index is 12.5. The molecule has 0 saturated carbocycles. The lowest BCUT2D eigenvalue weighted by atomic mass is 9.89. The summed E-state index contributed by atoms with van der Waals surface area (Å²) < 4.78 is 5.27. The summed E-state index contributed by atoms with van der Waals surface area (Å²) in [6.45, 7) is 1.64. The van der Waals surface area contributed by atoms with Crippen molar-refractivity contribution in [3.05, 3.63) is 58.6 Å². The van der Waals surface area contributed by atoms with Gasteiger partial charge in [0, 0.05) is 36.9 Å². The molecule has 1 aliphatic heterocycles. The van der Waals surface area contributed by atoms with Crippen molar-refractivity contribution in [3.63, 3.8) is 0 Å². The molecule has 4 rings (SSSR count). The van der Waals surface area contributed by atoms with Gasteiger partial charge in [0.1, 0.15) is 0 Å². The predicted octanol–water partition coefficient (Wildman–Crippen LogP) is 4.14. The first-order chi connectivity index (χ1) is 12.8. The van der Waals surface area contributed by atoms with Gasteiger partial charge in [-0.3, -0.25) is 4.79 Å². The Morgan fingerprint density at radius 2 is 2.00 bits per heavy atom. The number of hydrogen-bond acceptors (Lipinski definition) is 5. The molecule has 0 bridgehead atoms. The van der Waals surface area contributed by atoms with Gasteiger partial charge in [-0.05, 0) is 35.8 Å². The van der Waals surface area contributed by atoms with Crippen molar-refractivity contribution in [2.24, 2.45) is 0 Å². The third-order valence-electron chi connectivity index (χ3n) is 4.92. The number of aromatic nitrogens is 2. The Bertz CT molecular complexity index is 837. The fourth-order valence-corrected chi connectivity index (χ4v) is 4.06. The van der Waals surface area contributed by atoms with E-state index in [0.29, 0.717) is 30.5 Å². The highest BCUT2D eigenvalue weighted by atomic mass is 32.1. The number of carbonyl (C=O) groups is 1. The second kappa shape index (κ2) is 7.83. The smallest absolute Gasteiger partial charge is 0.227 e. The molecule has 1 aromatic carbocycles. The highest BCUT2D eigenvalue weighted by Gasteiger charge is 2.24. The van der Waals surface area contributed by atoms with Crippen LogP contribution in [0.15, 0.2) is 51.7 Å². The third-order valence-corrected chi connectivity index (χ3v) is 5.60. The van der Waals surface area contributed by atoms with Crippen molar-refractivity contribution >= 4 is 17.2 Å². The van der Waals surface area contributed by atoms with Crippen molar-refractivity contribution in [1.29, 1.82) is 0 Å². The van der Waals surface area contributed by atoms with Crippen molar-refractivity contribution < 1.29 is 9.32 Å². The van der Waals surface area contributed by atoms with Crippen LogP contribution >= 0.6 is 11.3 Å². The normalized spacial score (nSPS) is 15.3. The Morgan fingerprint density at radius 1 is 1.19 bits per heavy atom. The first-order valence-electron chi connectivity index (χ1n) is 8.97. The lowest BCUT2D eigenvalue weighted by Crippen LogP contribution is -2.38. The second-order valence-electron chi connectivity index (χ2n) is 6.59. The molecular weight excluding hydrogens is 346 g/mol. The van der Waals surface area contributed by atoms with Crippen molar-refractivity contribution in [3.8, 4) is 11.4 Å². The summed E-state index contributed by atoms with van der Waals surface area (Å²) in [5, 5.41) is 7.95. The maximum Gasteiger partial charge on any atom is 0.227 e. The Hall–Kier alpha value is -2.47. The maximum absolute atomic E-state index is 12.5. The molecule has 0 N–H and O–H groups in total. The van der Waals surface area contributed by atoms with E-state index in [-0.39, 0.29) is 5.91 Å². The molecule has 0 aliphatic carbocycles. The Kier molecular flexibility index (Phi) is 5.11. The Balaban J connectivity index is 1.27. The number of nitrogens with zero attached hydrogens (tertiary/aromatic N) is 3. The van der Waals surface area contributed by atoms with E-state index in [4.69, 9.17) is 4.52 Å². The minimum atomic E-state index is 0.173. The van der Waals surface area contributed by atoms with Crippen LogP contribution in [0.1, 0.15) is 36.6 Å². The quantitative estimate of drug-likeness (QED) is 0.680. The number of aryl methyl sites for hydroxylation is 1. The van der Waals surface area contributed by atoms with Crippen LogP contribution in [0.4, 0.5) is 0 Å². The molecule has 134 valence electrons. The van der Waals surface area contributed by atoms with E-state index in [2.05, 4.69) is 34.4 Å². The first-order valence-corrected chi connectivity index (χ1v) is 9.92. The molecule has 1 amide bonds. The average molecular weight is 367 g/mol. The Labute approximate surface area is 156 Å². The average Bonchev–Trinajstić information content (AvgIpc) is 3.38. The highest BCUT2D eigenvalue weighted by Crippen LogP contribution is 2.28. The van der Waals surface area contributed by atoms with Crippen LogP contribution in [0.2, 0.25) is 0 Å². The van der Waals surface area contributed by atoms with Crippen molar-refractivity contribution in [2.75, 3.05) is 13.1 Å². The van der Waals surface area contributed by atoms with Gasteiger partial charge in [-0.15, -0.1) is 0 Å². The van der Waals surface area contributed by atoms with E-state index in [1.54, 1.807) is 11.3 Å². The van der Waals surface area contributed by atoms with Gasteiger partial charge in [-0.2, -0.15) is 16.3 Å². The molecule has 0 unspecified atom stereocenters. The van der Waals surface area contributed by atoms with Gasteiger partial charge in [-0.1, -0.05) is 35.5 Å². The first kappa shape index (κ1) is 17.0. The van der Waals surface area contributed by atoms with Gasteiger partial charge in [0.15, 0.2) is 0 Å². The largest absolute Gasteiger partial charge is 0.343 e. The van der Waals surface area contributed by atoms with E-state index in [9.17, 15) is 4.79 Å². The van der Waals surface area contributed by atoms with Crippen LogP contribution in [-0.4, -0.2) is 34.0 Å². The van der Waals surface area contributed by atoms with E-state index in [1.165, 1.54) is 5.56 Å². The summed E-state index contributed by atoms with van der Waals surface area (Å²) in [4.78, 5) is 18.8. The number of amides is 1. The van der Waals surface area contributed by atoms with Crippen LogP contribution in [-0.2, 0) is 11.2 Å². The zero-order chi connectivity index (χ0) is 17.8. The summed E-state index contributed by atoms with van der Waals surface area (Å²) in [5.41, 5.74) is 2.34. The molecule has 0 atom stereocenters. The minimum absolute atomic E-state index is 0.173. The van der Waals surface area contributed by atoms with Gasteiger partial charge in [0.25, 0.3) is 0 Å². The summed E-state index contributed by atoms with van der Waals surface area (Å²) in [6.07, 6.45) is 2.97. The highest BCUT2D eigenvalue weighted by molar-refractivity contribution is 7.08. The van der Waals surface area contributed by atoms with Gasteiger partial charge in [0.05, 0.1) is 0 Å². The molecule has 0 radical (unpaired) electrons. The monoisotopic (exact) mass is 367 g/mol. The molecule has 1 aliphatic rings. The van der Waals surface area contributed by atoms with Crippen molar-refractivity contribution in [2.45, 2.75) is 31.6 Å². The van der Waals surface area contributed by atoms with Gasteiger partial charge >= 0.3 is 0 Å². The van der Waals surface area contributed by atoms with Gasteiger partial charge in [0.2, 0.25) is 17.6 Å². The molecule has 0 spiro atoms.